The van der Waals surface area contributed by atoms with Crippen LogP contribution >= 0.6 is 0 Å². The van der Waals surface area contributed by atoms with Crippen molar-refractivity contribution in [3.8, 4) is 22.5 Å². The molecular weight excluding hydrogens is 819 g/mol. The van der Waals surface area contributed by atoms with E-state index in [9.17, 15) is 0 Å². The van der Waals surface area contributed by atoms with Gasteiger partial charge in [0.1, 0.15) is 0 Å². The van der Waals surface area contributed by atoms with Crippen molar-refractivity contribution >= 4 is 35.3 Å². The second-order valence-electron chi connectivity index (χ2n) is 18.2. The maximum atomic E-state index is 6.03. The van der Waals surface area contributed by atoms with Crippen molar-refractivity contribution in [1.82, 2.24) is 15.0 Å². The second kappa shape index (κ2) is 15.3. The molecule has 0 aliphatic heterocycles. The van der Waals surface area contributed by atoms with Gasteiger partial charge in [-0.1, -0.05) is 116 Å². The van der Waals surface area contributed by atoms with E-state index in [0.717, 1.165) is 51.7 Å². The molecule has 6 heteroatoms. The number of furan rings is 1. The largest absolute Gasteiger partial charge is 0.486 e. The predicted octanol–water partition coefficient (Wildman–Crippen LogP) is 11.7. The SMILES string of the molecule is CC(C)(C)Cc1cc(-c2[c-]ccc(C(C)(C)C)c2)ncc1[Si](C)(C)C.Cc1cnc(-c2[c-]ccc3c2oc2ncccc23)cc1CC(C)(C)C.[Ir]. The Morgan fingerprint density at radius 2 is 1.33 bits per heavy atom. The summed E-state index contributed by atoms with van der Waals surface area (Å²) in [5.41, 5.74) is 11.4. The molecule has 4 nitrogen and oxygen atoms in total. The van der Waals surface area contributed by atoms with Crippen LogP contribution in [0.15, 0.2) is 77.6 Å². The number of hydrogen-bond donors (Lipinski definition) is 0. The van der Waals surface area contributed by atoms with E-state index in [1.807, 2.05) is 36.5 Å². The standard InChI is InChI=1S/C23H34NSi.C22H21N2O.Ir/c1-22(2,3)15-18-14-20(24-16-21(18)25(7,8)9)17-11-10-12-19(13-17)23(4,5)6;1-14-13-24-19(11-15(14)12-22(2,3)4)18-8-5-7-16-17-9-6-10-23-21(17)25-20(16)18;/h10,12-14,16H,15H2,1-9H3;5-7,9-11,13H,12H2,1-4H3;/q2*-1;. The summed E-state index contributed by atoms with van der Waals surface area (Å²) in [5, 5.41) is 3.56. The number of pyridine rings is 3. The molecule has 0 aliphatic rings. The van der Waals surface area contributed by atoms with Crippen molar-refractivity contribution in [2.45, 2.75) is 107 Å². The molecule has 0 bridgehead atoms. The summed E-state index contributed by atoms with van der Waals surface area (Å²) < 4.78 is 6.03. The third kappa shape index (κ3) is 10.1. The maximum absolute atomic E-state index is 6.03. The first kappa shape index (κ1) is 40.3. The van der Waals surface area contributed by atoms with Crippen LogP contribution in [0.2, 0.25) is 19.6 Å². The van der Waals surface area contributed by atoms with Crippen molar-refractivity contribution < 1.29 is 24.5 Å². The number of hydrogen-bond acceptors (Lipinski definition) is 4. The minimum absolute atomic E-state index is 0. The fourth-order valence-corrected chi connectivity index (χ4v) is 7.92. The first-order valence-electron chi connectivity index (χ1n) is 17.9. The van der Waals surface area contributed by atoms with Crippen LogP contribution < -0.4 is 5.19 Å². The van der Waals surface area contributed by atoms with Crippen LogP contribution in [-0.2, 0) is 38.4 Å². The normalized spacial score (nSPS) is 12.4. The summed E-state index contributed by atoms with van der Waals surface area (Å²) in [4.78, 5) is 13.8. The Balaban J connectivity index is 0.000000224. The number of nitrogens with zero attached hydrogens (tertiary/aromatic N) is 3. The minimum atomic E-state index is -1.42. The molecule has 0 saturated heterocycles. The third-order valence-electron chi connectivity index (χ3n) is 8.86. The van der Waals surface area contributed by atoms with Crippen LogP contribution in [0.3, 0.4) is 0 Å². The molecule has 2 aromatic carbocycles. The van der Waals surface area contributed by atoms with Crippen molar-refractivity contribution in [1.29, 1.82) is 0 Å². The second-order valence-corrected chi connectivity index (χ2v) is 23.3. The van der Waals surface area contributed by atoms with Crippen LogP contribution in [0, 0.1) is 29.9 Å². The average Bonchev–Trinajstić information content (AvgIpc) is 3.39. The van der Waals surface area contributed by atoms with E-state index < -0.39 is 8.07 Å². The van der Waals surface area contributed by atoms with Crippen LogP contribution in [0.5, 0.6) is 0 Å². The molecule has 6 aromatic rings. The Morgan fingerprint density at radius 3 is 1.98 bits per heavy atom. The average molecular weight is 874 g/mol. The van der Waals surface area contributed by atoms with Gasteiger partial charge < -0.3 is 14.4 Å². The summed E-state index contributed by atoms with van der Waals surface area (Å²) >= 11 is 0. The van der Waals surface area contributed by atoms with E-state index >= 15 is 0 Å². The van der Waals surface area contributed by atoms with Gasteiger partial charge in [0.15, 0.2) is 0 Å². The number of aromatic nitrogens is 3. The third-order valence-corrected chi connectivity index (χ3v) is 10.9. The van der Waals surface area contributed by atoms with Gasteiger partial charge in [0, 0.05) is 44.1 Å². The van der Waals surface area contributed by atoms with Gasteiger partial charge in [-0.3, -0.25) is 0 Å². The van der Waals surface area contributed by atoms with Gasteiger partial charge in [0.2, 0.25) is 5.71 Å². The molecule has 4 aromatic heterocycles. The zero-order chi connectivity index (χ0) is 36.6. The molecule has 0 unspecified atom stereocenters. The van der Waals surface area contributed by atoms with Gasteiger partial charge in [-0.05, 0) is 70.3 Å². The summed E-state index contributed by atoms with van der Waals surface area (Å²) in [7, 11) is -1.42. The van der Waals surface area contributed by atoms with E-state index in [1.54, 1.807) is 6.20 Å². The number of fused-ring (bicyclic) bond motifs is 3. The van der Waals surface area contributed by atoms with Gasteiger partial charge in [-0.2, -0.15) is 0 Å². The van der Waals surface area contributed by atoms with Gasteiger partial charge in [0.25, 0.3) is 0 Å². The fraction of sp³-hybridized carbons (Fsp3) is 0.400. The Bertz CT molecular complexity index is 2120. The van der Waals surface area contributed by atoms with Gasteiger partial charge >= 0.3 is 0 Å². The van der Waals surface area contributed by atoms with E-state index in [1.165, 1.54) is 27.4 Å². The molecule has 0 saturated carbocycles. The van der Waals surface area contributed by atoms with Crippen LogP contribution in [0.25, 0.3) is 44.6 Å². The quantitative estimate of drug-likeness (QED) is 0.128. The Hall–Kier alpha value is -3.44. The van der Waals surface area contributed by atoms with E-state index in [-0.39, 0.29) is 36.4 Å². The predicted molar refractivity (Wildman–Crippen MR) is 215 cm³/mol. The minimum Gasteiger partial charge on any atom is -0.486 e. The molecule has 0 N–H and O–H groups in total. The molecule has 51 heavy (non-hydrogen) atoms. The van der Waals surface area contributed by atoms with Crippen molar-refractivity contribution in [3.63, 3.8) is 0 Å². The first-order valence-corrected chi connectivity index (χ1v) is 21.4. The summed E-state index contributed by atoms with van der Waals surface area (Å²) in [6.07, 6.45) is 7.93. The van der Waals surface area contributed by atoms with Crippen LogP contribution in [-0.4, -0.2) is 23.0 Å². The zero-order valence-electron chi connectivity index (χ0n) is 32.9. The molecule has 0 aliphatic carbocycles. The summed E-state index contributed by atoms with van der Waals surface area (Å²) in [5.74, 6) is 0. The summed E-state index contributed by atoms with van der Waals surface area (Å²) in [6, 6.07) is 25.6. The molecule has 4 heterocycles. The molecule has 0 spiro atoms. The molecule has 0 fully saturated rings. The topological polar surface area (TPSA) is 51.8 Å². The van der Waals surface area contributed by atoms with Crippen molar-refractivity contribution in [2.75, 3.05) is 0 Å². The van der Waals surface area contributed by atoms with Crippen molar-refractivity contribution in [3.05, 3.63) is 108 Å². The zero-order valence-corrected chi connectivity index (χ0v) is 36.3. The van der Waals surface area contributed by atoms with E-state index in [4.69, 9.17) is 9.40 Å². The van der Waals surface area contributed by atoms with Crippen LogP contribution in [0.4, 0.5) is 0 Å². The Kier molecular flexibility index (Phi) is 12.1. The number of rotatable bonds is 5. The van der Waals surface area contributed by atoms with Crippen molar-refractivity contribution in [2.24, 2.45) is 10.8 Å². The van der Waals surface area contributed by atoms with E-state index in [0.29, 0.717) is 5.71 Å². The summed E-state index contributed by atoms with van der Waals surface area (Å²) in [6.45, 7) is 29.8. The Labute approximate surface area is 321 Å². The monoisotopic (exact) mass is 874 g/mol. The molecular formula is C45H55IrN3OSi-2. The van der Waals surface area contributed by atoms with Gasteiger partial charge in [-0.15, -0.1) is 53.6 Å². The Morgan fingerprint density at radius 1 is 0.706 bits per heavy atom. The molecule has 1 radical (unpaired) electrons. The van der Waals surface area contributed by atoms with Gasteiger partial charge in [-0.25, -0.2) is 4.98 Å². The van der Waals surface area contributed by atoms with Crippen LogP contribution in [0.1, 0.15) is 84.6 Å². The fourth-order valence-electron chi connectivity index (χ4n) is 6.35. The molecule has 6 rings (SSSR count). The molecule has 271 valence electrons. The first-order chi connectivity index (χ1) is 23.2. The number of benzene rings is 2. The molecule has 0 atom stereocenters. The van der Waals surface area contributed by atoms with Gasteiger partial charge in [0.05, 0.1) is 13.7 Å². The van der Waals surface area contributed by atoms with E-state index in [2.05, 4.69) is 141 Å². The maximum Gasteiger partial charge on any atom is 0.216 e. The number of aryl methyl sites for hydroxylation is 1. The smallest absolute Gasteiger partial charge is 0.216 e. The molecule has 0 amide bonds.